The molecule has 4 nitrogen and oxygen atoms in total. The monoisotopic (exact) mass is 634 g/mol. The highest BCUT2D eigenvalue weighted by molar-refractivity contribution is 14.1. The smallest absolute Gasteiger partial charge is 0.271 e. The first-order valence-corrected chi connectivity index (χ1v) is 10.9. The molecule has 0 spiro atoms. The molecule has 0 aliphatic carbocycles. The normalized spacial score (nSPS) is 10.9. The van der Waals surface area contributed by atoms with E-state index in [9.17, 15) is 9.18 Å². The topological polar surface area (TPSA) is 50.7 Å². The maximum Gasteiger partial charge on any atom is 0.271 e. The Balaban J connectivity index is 1.63. The highest BCUT2D eigenvalue weighted by Crippen LogP contribution is 2.29. The number of hydrazone groups is 1. The summed E-state index contributed by atoms with van der Waals surface area (Å²) >= 11 is 10.2. The van der Waals surface area contributed by atoms with Gasteiger partial charge in [0.05, 0.1) is 13.4 Å². The second-order valence-electron chi connectivity index (χ2n) is 5.93. The van der Waals surface area contributed by atoms with E-state index in [1.54, 1.807) is 42.6 Å². The quantitative estimate of drug-likeness (QED) is 0.205. The second-order valence-corrected chi connectivity index (χ2v) is 8.70. The van der Waals surface area contributed by atoms with E-state index in [0.717, 1.165) is 24.0 Å². The van der Waals surface area contributed by atoms with Crippen molar-refractivity contribution in [1.82, 2.24) is 5.43 Å². The Hall–Kier alpha value is -1.72. The van der Waals surface area contributed by atoms with Gasteiger partial charge in [-0.05, 0) is 105 Å². The molecule has 1 amide bonds. The average Bonchev–Trinajstić information content (AvgIpc) is 2.69. The number of nitrogens with zero attached hydrogens (tertiary/aromatic N) is 1. The summed E-state index contributed by atoms with van der Waals surface area (Å²) in [5.74, 6) is 0.157. The van der Waals surface area contributed by atoms with Crippen LogP contribution in [0.1, 0.15) is 21.5 Å². The van der Waals surface area contributed by atoms with Crippen molar-refractivity contribution in [2.45, 2.75) is 6.61 Å². The first-order chi connectivity index (χ1) is 13.9. The van der Waals surface area contributed by atoms with Gasteiger partial charge in [0.2, 0.25) is 0 Å². The Labute approximate surface area is 199 Å². The minimum Gasteiger partial charge on any atom is -0.487 e. The molecule has 0 aliphatic rings. The third-order valence-electron chi connectivity index (χ3n) is 3.80. The molecule has 8 heteroatoms. The molecule has 148 valence electrons. The van der Waals surface area contributed by atoms with Crippen LogP contribution < -0.4 is 10.2 Å². The fourth-order valence-corrected chi connectivity index (χ4v) is 4.61. The number of hydrogen-bond donors (Lipinski definition) is 1. The molecular weight excluding hydrogens is 621 g/mol. The molecule has 3 aromatic carbocycles. The van der Waals surface area contributed by atoms with Crippen molar-refractivity contribution in [3.8, 4) is 5.75 Å². The number of rotatable bonds is 6. The lowest BCUT2D eigenvalue weighted by Gasteiger charge is -2.11. The Morgan fingerprint density at radius 1 is 1.07 bits per heavy atom. The van der Waals surface area contributed by atoms with Gasteiger partial charge in [0.15, 0.2) is 0 Å². The zero-order valence-electron chi connectivity index (χ0n) is 14.8. The molecule has 0 heterocycles. The summed E-state index contributed by atoms with van der Waals surface area (Å²) in [5, 5.41) is 4.58. The predicted molar refractivity (Wildman–Crippen MR) is 129 cm³/mol. The van der Waals surface area contributed by atoms with Crippen molar-refractivity contribution in [2.24, 2.45) is 5.10 Å². The highest BCUT2D eigenvalue weighted by atomic mass is 127. The summed E-state index contributed by atoms with van der Waals surface area (Å²) in [5.41, 5.74) is 4.67. The zero-order valence-corrected chi connectivity index (χ0v) is 19.9. The molecule has 3 aromatic rings. The van der Waals surface area contributed by atoms with Crippen LogP contribution in [0.3, 0.4) is 0 Å². The predicted octanol–water partition coefficient (Wildman–Crippen LogP) is 6.03. The van der Waals surface area contributed by atoms with E-state index in [-0.39, 0.29) is 11.7 Å². The van der Waals surface area contributed by atoms with E-state index in [1.807, 2.05) is 12.1 Å². The lowest BCUT2D eigenvalue weighted by atomic mass is 10.2. The van der Waals surface area contributed by atoms with Crippen LogP contribution in [0.4, 0.5) is 4.39 Å². The van der Waals surface area contributed by atoms with Gasteiger partial charge in [-0.1, -0.05) is 23.7 Å². The van der Waals surface area contributed by atoms with Crippen molar-refractivity contribution < 1.29 is 13.9 Å². The van der Waals surface area contributed by atoms with Crippen LogP contribution in [0.15, 0.2) is 65.8 Å². The molecule has 0 bridgehead atoms. The third-order valence-corrected chi connectivity index (χ3v) is 5.66. The summed E-state index contributed by atoms with van der Waals surface area (Å²) in [4.78, 5) is 12.1. The van der Waals surface area contributed by atoms with E-state index >= 15 is 0 Å². The van der Waals surface area contributed by atoms with Gasteiger partial charge < -0.3 is 4.74 Å². The minimum absolute atomic E-state index is 0.273. The highest BCUT2D eigenvalue weighted by Gasteiger charge is 2.09. The van der Waals surface area contributed by atoms with Crippen LogP contribution in [0.25, 0.3) is 0 Å². The molecule has 3 rings (SSSR count). The maximum absolute atomic E-state index is 13.0. The number of nitrogens with one attached hydrogen (secondary N) is 1. The van der Waals surface area contributed by atoms with Crippen molar-refractivity contribution in [2.75, 3.05) is 0 Å². The summed E-state index contributed by atoms with van der Waals surface area (Å²) in [7, 11) is 0. The summed E-state index contributed by atoms with van der Waals surface area (Å²) in [6, 6.07) is 16.6. The Kier molecular flexibility index (Phi) is 7.84. The van der Waals surface area contributed by atoms with Gasteiger partial charge in [-0.15, -0.1) is 0 Å². The van der Waals surface area contributed by atoms with Crippen LogP contribution in [0.2, 0.25) is 5.02 Å². The summed E-state index contributed by atoms with van der Waals surface area (Å²) in [6.07, 6.45) is 1.57. The van der Waals surface area contributed by atoms with E-state index in [0.29, 0.717) is 17.2 Å². The molecule has 1 N–H and O–H groups in total. The minimum atomic E-state index is -0.318. The fourth-order valence-electron chi connectivity index (χ4n) is 2.36. The molecule has 0 unspecified atom stereocenters. The van der Waals surface area contributed by atoms with Gasteiger partial charge in [-0.3, -0.25) is 4.79 Å². The molecule has 0 saturated heterocycles. The lowest BCUT2D eigenvalue weighted by Crippen LogP contribution is -2.17. The lowest BCUT2D eigenvalue weighted by molar-refractivity contribution is 0.0955. The molecule has 0 aromatic heterocycles. The zero-order chi connectivity index (χ0) is 20.8. The molecular formula is C21H14ClFI2N2O2. The number of halogens is 4. The van der Waals surface area contributed by atoms with Gasteiger partial charge in [0, 0.05) is 10.6 Å². The van der Waals surface area contributed by atoms with Crippen molar-refractivity contribution in [3.05, 3.63) is 95.3 Å². The largest absolute Gasteiger partial charge is 0.487 e. The number of amides is 1. The number of benzene rings is 3. The maximum atomic E-state index is 13.0. The van der Waals surface area contributed by atoms with Crippen LogP contribution >= 0.6 is 56.8 Å². The molecule has 0 saturated carbocycles. The standard InChI is InChI=1S/C21H14ClFI2N2O2/c22-16-5-3-15(4-6-16)21(28)27-26-11-14-9-18(24)20(19(25)10-14)29-12-13-1-7-17(23)8-2-13/h1-11H,12H2,(H,27,28)/b26-11-. The molecule has 0 radical (unpaired) electrons. The van der Waals surface area contributed by atoms with Crippen LogP contribution in [0, 0.1) is 13.0 Å². The van der Waals surface area contributed by atoms with Crippen LogP contribution in [-0.2, 0) is 6.61 Å². The first kappa shape index (κ1) is 22.0. The average molecular weight is 635 g/mol. The van der Waals surface area contributed by atoms with E-state index in [4.69, 9.17) is 16.3 Å². The summed E-state index contributed by atoms with van der Waals surface area (Å²) in [6.45, 7) is 0.344. The number of carbonyl (C=O) groups is 1. The van der Waals surface area contributed by atoms with Crippen molar-refractivity contribution in [1.29, 1.82) is 0 Å². The van der Waals surface area contributed by atoms with Crippen molar-refractivity contribution in [3.63, 3.8) is 0 Å². The SMILES string of the molecule is O=C(N/N=C\c1cc(I)c(OCc2ccc(F)cc2)c(I)c1)c1ccc(Cl)cc1. The molecule has 0 aliphatic heterocycles. The van der Waals surface area contributed by atoms with Gasteiger partial charge in [0.1, 0.15) is 18.2 Å². The van der Waals surface area contributed by atoms with Gasteiger partial charge >= 0.3 is 0 Å². The first-order valence-electron chi connectivity index (χ1n) is 8.37. The fraction of sp³-hybridized carbons (Fsp3) is 0.0476. The number of carbonyl (C=O) groups excluding carboxylic acids is 1. The van der Waals surface area contributed by atoms with Crippen molar-refractivity contribution >= 4 is 68.9 Å². The second kappa shape index (κ2) is 10.4. The van der Waals surface area contributed by atoms with E-state index in [1.165, 1.54) is 12.1 Å². The van der Waals surface area contributed by atoms with Gasteiger partial charge in [0.25, 0.3) is 5.91 Å². The Morgan fingerprint density at radius 3 is 2.31 bits per heavy atom. The Bertz CT molecular complexity index is 1020. The van der Waals surface area contributed by atoms with Crippen LogP contribution in [-0.4, -0.2) is 12.1 Å². The number of ether oxygens (including phenoxy) is 1. The third kappa shape index (κ3) is 6.38. The summed E-state index contributed by atoms with van der Waals surface area (Å²) < 4.78 is 20.7. The molecule has 0 fully saturated rings. The number of hydrogen-bond acceptors (Lipinski definition) is 3. The van der Waals surface area contributed by atoms with E-state index < -0.39 is 0 Å². The molecule has 29 heavy (non-hydrogen) atoms. The molecule has 0 atom stereocenters. The Morgan fingerprint density at radius 2 is 1.69 bits per heavy atom. The van der Waals surface area contributed by atoms with Gasteiger partial charge in [-0.25, -0.2) is 9.82 Å². The van der Waals surface area contributed by atoms with Gasteiger partial charge in [-0.2, -0.15) is 5.10 Å². The van der Waals surface area contributed by atoms with Crippen LogP contribution in [0.5, 0.6) is 5.75 Å². The van der Waals surface area contributed by atoms with E-state index in [2.05, 4.69) is 55.7 Å².